The summed E-state index contributed by atoms with van der Waals surface area (Å²) in [4.78, 5) is 22.7. The largest absolute Gasteiger partial charge is 0.481 e. The molecule has 0 spiro atoms. The molecule has 1 fully saturated rings. The number of amides is 2. The molecule has 0 saturated heterocycles. The number of carbonyl (C=O) groups excluding carboxylic acids is 1. The zero-order valence-electron chi connectivity index (χ0n) is 11.8. The minimum atomic E-state index is -4.17. The number of carboxylic acid groups (broad SMARTS) is 1. The Hall–Kier alpha value is -1.47. The summed E-state index contributed by atoms with van der Waals surface area (Å²) >= 11 is 0. The number of unbranched alkanes of at least 4 members (excludes halogenated alkanes) is 1. The molecule has 1 rings (SSSR count). The highest BCUT2D eigenvalue weighted by Crippen LogP contribution is 2.37. The first-order valence-electron chi connectivity index (χ1n) is 7.07. The molecule has 0 aromatic carbocycles. The Morgan fingerprint density at radius 3 is 2.24 bits per heavy atom. The van der Waals surface area contributed by atoms with Gasteiger partial charge < -0.3 is 15.7 Å². The second-order valence-electron chi connectivity index (χ2n) is 5.47. The standard InChI is InChI=1S/C13H21F3N2O3/c14-13(15,16)7-3-4-8-17-11(21)18-9-12(10(19)20)5-1-2-6-12/h1-9H2,(H,19,20)(H2,17,18,21). The quantitative estimate of drug-likeness (QED) is 0.633. The summed E-state index contributed by atoms with van der Waals surface area (Å²) in [6.45, 7) is 0.193. The average Bonchev–Trinajstić information content (AvgIpc) is 2.84. The van der Waals surface area contributed by atoms with Gasteiger partial charge in [0.25, 0.3) is 0 Å². The number of carbonyl (C=O) groups is 2. The van der Waals surface area contributed by atoms with Gasteiger partial charge in [-0.1, -0.05) is 12.8 Å². The predicted octanol–water partition coefficient (Wildman–Crippen LogP) is 2.66. The Balaban J connectivity index is 2.18. The molecule has 0 aromatic heterocycles. The monoisotopic (exact) mass is 310 g/mol. The molecule has 1 aliphatic rings. The number of carboxylic acids is 1. The molecule has 0 unspecified atom stereocenters. The van der Waals surface area contributed by atoms with Crippen LogP contribution in [0, 0.1) is 5.41 Å². The van der Waals surface area contributed by atoms with E-state index >= 15 is 0 Å². The van der Waals surface area contributed by atoms with Crippen molar-refractivity contribution in [3.05, 3.63) is 0 Å². The van der Waals surface area contributed by atoms with Crippen LogP contribution in [0.1, 0.15) is 44.9 Å². The SMILES string of the molecule is O=C(NCCCCC(F)(F)F)NCC1(C(=O)O)CCCC1. The molecule has 2 amide bonds. The van der Waals surface area contributed by atoms with Gasteiger partial charge in [0, 0.05) is 19.5 Å². The maximum atomic E-state index is 11.9. The summed E-state index contributed by atoms with van der Waals surface area (Å²) < 4.78 is 35.7. The van der Waals surface area contributed by atoms with Crippen LogP contribution in [0.5, 0.6) is 0 Å². The molecule has 1 saturated carbocycles. The third kappa shape index (κ3) is 6.22. The molecule has 8 heteroatoms. The molecule has 0 radical (unpaired) electrons. The van der Waals surface area contributed by atoms with Crippen LogP contribution in [0.2, 0.25) is 0 Å². The first-order chi connectivity index (χ1) is 9.75. The number of hydrogen-bond donors (Lipinski definition) is 3. The lowest BCUT2D eigenvalue weighted by molar-refractivity contribution is -0.148. The molecule has 0 aliphatic heterocycles. The van der Waals surface area contributed by atoms with E-state index in [1.807, 2.05) is 0 Å². The van der Waals surface area contributed by atoms with E-state index in [1.54, 1.807) is 0 Å². The molecule has 21 heavy (non-hydrogen) atoms. The van der Waals surface area contributed by atoms with Crippen LogP contribution in [0.3, 0.4) is 0 Å². The predicted molar refractivity (Wildman–Crippen MR) is 69.8 cm³/mol. The van der Waals surface area contributed by atoms with Crippen molar-refractivity contribution < 1.29 is 27.9 Å². The average molecular weight is 310 g/mol. The van der Waals surface area contributed by atoms with Gasteiger partial charge in [-0.3, -0.25) is 4.79 Å². The third-order valence-corrected chi connectivity index (χ3v) is 3.77. The smallest absolute Gasteiger partial charge is 0.389 e. The van der Waals surface area contributed by atoms with E-state index in [2.05, 4.69) is 10.6 Å². The van der Waals surface area contributed by atoms with Crippen molar-refractivity contribution in [2.45, 2.75) is 51.1 Å². The second-order valence-corrected chi connectivity index (χ2v) is 5.47. The van der Waals surface area contributed by atoms with Crippen molar-refractivity contribution in [3.8, 4) is 0 Å². The zero-order valence-corrected chi connectivity index (χ0v) is 11.8. The van der Waals surface area contributed by atoms with Crippen molar-refractivity contribution in [3.63, 3.8) is 0 Å². The molecular weight excluding hydrogens is 289 g/mol. The van der Waals surface area contributed by atoms with Crippen LogP contribution in [0.4, 0.5) is 18.0 Å². The normalized spacial score (nSPS) is 17.5. The van der Waals surface area contributed by atoms with E-state index in [0.717, 1.165) is 12.8 Å². The summed E-state index contributed by atoms with van der Waals surface area (Å²) in [5, 5.41) is 14.2. The topological polar surface area (TPSA) is 78.4 Å². The first-order valence-corrected chi connectivity index (χ1v) is 7.07. The molecule has 3 N–H and O–H groups in total. The molecular formula is C13H21F3N2O3. The Labute approximate surface area is 121 Å². The summed E-state index contributed by atoms with van der Waals surface area (Å²) in [5.74, 6) is -0.912. The van der Waals surface area contributed by atoms with Crippen LogP contribution in [-0.2, 0) is 4.79 Å². The number of urea groups is 1. The minimum absolute atomic E-state index is 0.0388. The number of halogens is 3. The second kappa shape index (κ2) is 7.51. The van der Waals surface area contributed by atoms with Gasteiger partial charge in [-0.05, 0) is 25.7 Å². The van der Waals surface area contributed by atoms with E-state index in [9.17, 15) is 27.9 Å². The van der Waals surface area contributed by atoms with Crippen LogP contribution in [0.15, 0.2) is 0 Å². The number of aliphatic carboxylic acids is 1. The molecule has 5 nitrogen and oxygen atoms in total. The molecule has 1 aliphatic carbocycles. The lowest BCUT2D eigenvalue weighted by Crippen LogP contribution is -2.45. The minimum Gasteiger partial charge on any atom is -0.481 e. The van der Waals surface area contributed by atoms with Crippen molar-refractivity contribution in [2.75, 3.05) is 13.1 Å². The zero-order chi connectivity index (χ0) is 15.9. The van der Waals surface area contributed by atoms with Crippen LogP contribution in [-0.4, -0.2) is 36.4 Å². The molecule has 0 heterocycles. The van der Waals surface area contributed by atoms with Gasteiger partial charge in [0.1, 0.15) is 0 Å². The van der Waals surface area contributed by atoms with Crippen molar-refractivity contribution in [2.24, 2.45) is 5.41 Å². The summed E-state index contributed by atoms with van der Waals surface area (Å²) in [7, 11) is 0. The Kier molecular flexibility index (Phi) is 6.29. The lowest BCUT2D eigenvalue weighted by atomic mass is 9.86. The van der Waals surface area contributed by atoms with Gasteiger partial charge in [0.15, 0.2) is 0 Å². The molecule has 0 atom stereocenters. The number of hydrogen-bond acceptors (Lipinski definition) is 2. The van der Waals surface area contributed by atoms with Crippen molar-refractivity contribution in [1.29, 1.82) is 0 Å². The van der Waals surface area contributed by atoms with Gasteiger partial charge in [-0.25, -0.2) is 4.79 Å². The summed E-state index contributed by atoms with van der Waals surface area (Å²) in [6, 6.07) is -0.533. The summed E-state index contributed by atoms with van der Waals surface area (Å²) in [5.41, 5.74) is -0.895. The molecule has 0 aromatic rings. The first kappa shape index (κ1) is 17.6. The maximum Gasteiger partial charge on any atom is 0.389 e. The van der Waals surface area contributed by atoms with E-state index in [4.69, 9.17) is 0 Å². The van der Waals surface area contributed by atoms with E-state index in [0.29, 0.717) is 12.8 Å². The van der Waals surface area contributed by atoms with Crippen LogP contribution < -0.4 is 10.6 Å². The highest BCUT2D eigenvalue weighted by molar-refractivity contribution is 5.78. The van der Waals surface area contributed by atoms with Gasteiger partial charge in [-0.2, -0.15) is 13.2 Å². The van der Waals surface area contributed by atoms with Gasteiger partial charge in [-0.15, -0.1) is 0 Å². The highest BCUT2D eigenvalue weighted by atomic mass is 19.4. The Morgan fingerprint density at radius 2 is 1.71 bits per heavy atom. The summed E-state index contributed by atoms with van der Waals surface area (Å²) in [6.07, 6.45) is -2.11. The fourth-order valence-electron chi connectivity index (χ4n) is 2.48. The molecule has 0 bridgehead atoms. The highest BCUT2D eigenvalue weighted by Gasteiger charge is 2.41. The van der Waals surface area contributed by atoms with Gasteiger partial charge in [0.05, 0.1) is 5.41 Å². The number of alkyl halides is 3. The Morgan fingerprint density at radius 1 is 1.10 bits per heavy atom. The maximum absolute atomic E-state index is 11.9. The van der Waals surface area contributed by atoms with E-state index < -0.39 is 30.0 Å². The van der Waals surface area contributed by atoms with E-state index in [1.165, 1.54) is 0 Å². The van der Waals surface area contributed by atoms with Crippen molar-refractivity contribution >= 4 is 12.0 Å². The van der Waals surface area contributed by atoms with Crippen LogP contribution in [0.25, 0.3) is 0 Å². The van der Waals surface area contributed by atoms with Gasteiger partial charge >= 0.3 is 18.2 Å². The van der Waals surface area contributed by atoms with Crippen molar-refractivity contribution in [1.82, 2.24) is 10.6 Å². The van der Waals surface area contributed by atoms with E-state index in [-0.39, 0.29) is 25.9 Å². The molecule has 122 valence electrons. The fourth-order valence-corrected chi connectivity index (χ4v) is 2.48. The Bertz CT molecular complexity index is 366. The number of nitrogens with one attached hydrogen (secondary N) is 2. The number of rotatable bonds is 7. The van der Waals surface area contributed by atoms with Gasteiger partial charge in [0.2, 0.25) is 0 Å². The van der Waals surface area contributed by atoms with Crippen LogP contribution >= 0.6 is 0 Å². The fraction of sp³-hybridized carbons (Fsp3) is 0.846. The third-order valence-electron chi connectivity index (χ3n) is 3.77. The lowest BCUT2D eigenvalue weighted by Gasteiger charge is -2.24.